The van der Waals surface area contributed by atoms with Gasteiger partial charge in [0.25, 0.3) is 0 Å². The lowest BCUT2D eigenvalue weighted by Crippen LogP contribution is -2.41. The van der Waals surface area contributed by atoms with Gasteiger partial charge in [-0.2, -0.15) is 10.1 Å². The summed E-state index contributed by atoms with van der Waals surface area (Å²) in [5.74, 6) is 0.436. The second-order valence-electron chi connectivity index (χ2n) is 6.23. The minimum Gasteiger partial charge on any atom is -0.275 e. The molecule has 132 valence electrons. The first-order valence-electron chi connectivity index (χ1n) is 8.25. The van der Waals surface area contributed by atoms with Gasteiger partial charge in [0.2, 0.25) is 11.9 Å². The van der Waals surface area contributed by atoms with Gasteiger partial charge in [-0.05, 0) is 35.7 Å². The van der Waals surface area contributed by atoms with E-state index in [4.69, 9.17) is 23.2 Å². The van der Waals surface area contributed by atoms with Crippen LogP contribution in [0.15, 0.2) is 54.9 Å². The highest BCUT2D eigenvalue weighted by Gasteiger charge is 2.38. The lowest BCUT2D eigenvalue weighted by atomic mass is 9.92. The average molecular weight is 387 g/mol. The molecule has 1 aliphatic heterocycles. The standard InChI is InChI=1S/C19H16Cl2N4O/c1-12(26)24-17(13-6-8-14(20)9-7-13)10-18(25-19(24)22-11-23-25)15-4-2-3-5-16(15)21/h2-9,11,17-18H,10H2,1H3/t17-,18-/m1/s1. The summed E-state index contributed by atoms with van der Waals surface area (Å²) in [7, 11) is 0. The minimum absolute atomic E-state index is 0.0863. The largest absolute Gasteiger partial charge is 0.275 e. The third kappa shape index (κ3) is 2.87. The zero-order chi connectivity index (χ0) is 18.3. The van der Waals surface area contributed by atoms with Crippen LogP contribution < -0.4 is 4.90 Å². The van der Waals surface area contributed by atoms with Crippen molar-refractivity contribution in [3.05, 3.63) is 76.0 Å². The zero-order valence-corrected chi connectivity index (χ0v) is 15.5. The number of rotatable bonds is 2. The maximum atomic E-state index is 12.4. The van der Waals surface area contributed by atoms with Gasteiger partial charge in [0.1, 0.15) is 6.33 Å². The summed E-state index contributed by atoms with van der Waals surface area (Å²) < 4.78 is 1.77. The third-order valence-electron chi connectivity index (χ3n) is 4.68. The highest BCUT2D eigenvalue weighted by atomic mass is 35.5. The molecule has 0 saturated carbocycles. The van der Waals surface area contributed by atoms with Crippen molar-refractivity contribution in [2.24, 2.45) is 0 Å². The molecule has 1 amide bonds. The zero-order valence-electron chi connectivity index (χ0n) is 14.0. The number of carbonyl (C=O) groups is 1. The van der Waals surface area contributed by atoms with Crippen LogP contribution in [0, 0.1) is 0 Å². The lowest BCUT2D eigenvalue weighted by molar-refractivity contribution is -0.117. The summed E-state index contributed by atoms with van der Waals surface area (Å²) in [4.78, 5) is 18.4. The first-order valence-corrected chi connectivity index (χ1v) is 9.01. The molecule has 2 atom stereocenters. The number of halogens is 2. The van der Waals surface area contributed by atoms with Crippen LogP contribution in [-0.2, 0) is 4.79 Å². The van der Waals surface area contributed by atoms with Crippen LogP contribution in [-0.4, -0.2) is 20.7 Å². The fourth-order valence-corrected chi connectivity index (χ4v) is 3.91. The van der Waals surface area contributed by atoms with Gasteiger partial charge in [0, 0.05) is 17.0 Å². The predicted molar refractivity (Wildman–Crippen MR) is 102 cm³/mol. The molecule has 7 heteroatoms. The summed E-state index contributed by atoms with van der Waals surface area (Å²) >= 11 is 12.5. The van der Waals surface area contributed by atoms with Crippen LogP contribution in [0.25, 0.3) is 0 Å². The van der Waals surface area contributed by atoms with E-state index in [2.05, 4.69) is 10.1 Å². The van der Waals surface area contributed by atoms with Crippen molar-refractivity contribution in [3.8, 4) is 0 Å². The van der Waals surface area contributed by atoms with E-state index >= 15 is 0 Å². The van der Waals surface area contributed by atoms with Gasteiger partial charge in [-0.15, -0.1) is 0 Å². The van der Waals surface area contributed by atoms with E-state index in [-0.39, 0.29) is 18.0 Å². The van der Waals surface area contributed by atoms with Crippen LogP contribution in [0.5, 0.6) is 0 Å². The Labute approximate surface area is 161 Å². The summed E-state index contributed by atoms with van der Waals surface area (Å²) in [5, 5.41) is 5.69. The summed E-state index contributed by atoms with van der Waals surface area (Å²) in [6.07, 6.45) is 2.11. The van der Waals surface area contributed by atoms with Crippen molar-refractivity contribution >= 4 is 35.1 Å². The number of anilines is 1. The Hall–Kier alpha value is -2.37. The van der Waals surface area contributed by atoms with Gasteiger partial charge in [0.05, 0.1) is 12.1 Å². The summed E-state index contributed by atoms with van der Waals surface area (Å²) in [6, 6.07) is 15.0. The first kappa shape index (κ1) is 17.1. The normalized spacial score (nSPS) is 19.3. The highest BCUT2D eigenvalue weighted by molar-refractivity contribution is 6.31. The number of hydrogen-bond acceptors (Lipinski definition) is 3. The molecule has 1 aliphatic rings. The van der Waals surface area contributed by atoms with Gasteiger partial charge in [0.15, 0.2) is 0 Å². The smallest absolute Gasteiger partial charge is 0.231 e. The molecule has 0 aliphatic carbocycles. The Kier molecular flexibility index (Phi) is 4.42. The Balaban J connectivity index is 1.86. The molecule has 3 aromatic rings. The van der Waals surface area contributed by atoms with Crippen molar-refractivity contribution in [1.82, 2.24) is 14.8 Å². The van der Waals surface area contributed by atoms with Crippen LogP contribution in [0.2, 0.25) is 10.0 Å². The molecule has 0 fully saturated rings. The number of carbonyl (C=O) groups excluding carboxylic acids is 1. The van der Waals surface area contributed by atoms with Crippen molar-refractivity contribution < 1.29 is 4.79 Å². The fraction of sp³-hybridized carbons (Fsp3) is 0.211. The van der Waals surface area contributed by atoms with E-state index in [1.807, 2.05) is 48.5 Å². The molecule has 0 N–H and O–H groups in total. The van der Waals surface area contributed by atoms with Crippen LogP contribution >= 0.6 is 23.2 Å². The van der Waals surface area contributed by atoms with Crippen LogP contribution in [0.1, 0.15) is 36.6 Å². The van der Waals surface area contributed by atoms with Gasteiger partial charge < -0.3 is 0 Å². The summed E-state index contributed by atoms with van der Waals surface area (Å²) in [5.41, 5.74) is 1.96. The molecular weight excluding hydrogens is 371 g/mol. The van der Waals surface area contributed by atoms with Gasteiger partial charge in [-0.3, -0.25) is 9.69 Å². The monoisotopic (exact) mass is 386 g/mol. The molecule has 2 heterocycles. The van der Waals surface area contributed by atoms with Crippen molar-refractivity contribution in [2.75, 3.05) is 4.90 Å². The molecule has 0 radical (unpaired) electrons. The van der Waals surface area contributed by atoms with Crippen LogP contribution in [0.3, 0.4) is 0 Å². The summed E-state index contributed by atoms with van der Waals surface area (Å²) in [6.45, 7) is 1.54. The molecule has 1 aromatic heterocycles. The molecule has 4 rings (SSSR count). The topological polar surface area (TPSA) is 51.0 Å². The molecule has 2 aromatic carbocycles. The molecule has 0 bridgehead atoms. The Morgan fingerprint density at radius 1 is 1.08 bits per heavy atom. The van der Waals surface area contributed by atoms with E-state index in [0.29, 0.717) is 22.4 Å². The molecule has 0 unspecified atom stereocenters. The minimum atomic E-state index is -0.178. The van der Waals surface area contributed by atoms with E-state index in [0.717, 1.165) is 11.1 Å². The Bertz CT molecular complexity index is 954. The molecule has 0 spiro atoms. The van der Waals surface area contributed by atoms with E-state index in [1.165, 1.54) is 13.3 Å². The first-order chi connectivity index (χ1) is 12.6. The van der Waals surface area contributed by atoms with Gasteiger partial charge >= 0.3 is 0 Å². The average Bonchev–Trinajstić information content (AvgIpc) is 3.11. The van der Waals surface area contributed by atoms with E-state index in [9.17, 15) is 4.79 Å². The quantitative estimate of drug-likeness (QED) is 0.642. The number of fused-ring (bicyclic) bond motifs is 1. The SMILES string of the molecule is CC(=O)N1c2ncnn2[C@@H](c2ccccc2Cl)C[C@@H]1c1ccc(Cl)cc1. The van der Waals surface area contributed by atoms with Gasteiger partial charge in [-0.25, -0.2) is 4.68 Å². The lowest BCUT2D eigenvalue weighted by Gasteiger charge is -2.38. The predicted octanol–water partition coefficient (Wildman–Crippen LogP) is 4.67. The molecule has 0 saturated heterocycles. The Morgan fingerprint density at radius 3 is 2.50 bits per heavy atom. The second-order valence-corrected chi connectivity index (χ2v) is 7.08. The second kappa shape index (κ2) is 6.74. The number of nitrogens with zero attached hydrogens (tertiary/aromatic N) is 4. The van der Waals surface area contributed by atoms with E-state index in [1.54, 1.807) is 9.58 Å². The molecule has 26 heavy (non-hydrogen) atoms. The van der Waals surface area contributed by atoms with Crippen molar-refractivity contribution in [2.45, 2.75) is 25.4 Å². The number of amides is 1. The van der Waals surface area contributed by atoms with E-state index < -0.39 is 0 Å². The maximum Gasteiger partial charge on any atom is 0.231 e. The highest BCUT2D eigenvalue weighted by Crippen LogP contribution is 2.43. The molecular formula is C19H16Cl2N4O. The number of aromatic nitrogens is 3. The molecule has 5 nitrogen and oxygen atoms in total. The van der Waals surface area contributed by atoms with Crippen molar-refractivity contribution in [1.29, 1.82) is 0 Å². The number of hydrogen-bond donors (Lipinski definition) is 0. The number of benzene rings is 2. The Morgan fingerprint density at radius 2 is 1.81 bits per heavy atom. The third-order valence-corrected chi connectivity index (χ3v) is 5.28. The van der Waals surface area contributed by atoms with Gasteiger partial charge in [-0.1, -0.05) is 53.5 Å². The van der Waals surface area contributed by atoms with Crippen LogP contribution in [0.4, 0.5) is 5.95 Å². The fourth-order valence-electron chi connectivity index (χ4n) is 3.53. The maximum absolute atomic E-state index is 12.4. The van der Waals surface area contributed by atoms with Crippen molar-refractivity contribution in [3.63, 3.8) is 0 Å².